The van der Waals surface area contributed by atoms with Crippen molar-refractivity contribution in [2.24, 2.45) is 0 Å². The number of hydrogen-bond acceptors (Lipinski definition) is 4. The van der Waals surface area contributed by atoms with Gasteiger partial charge in [-0.3, -0.25) is 4.79 Å². The maximum Gasteiger partial charge on any atom is 0.259 e. The molecule has 2 aromatic carbocycles. The Balaban J connectivity index is 1.30. The quantitative estimate of drug-likeness (QED) is 0.418. The maximum absolute atomic E-state index is 12.5. The number of ether oxygens (including phenoxy) is 1. The Hall–Kier alpha value is -3.12. The lowest BCUT2D eigenvalue weighted by atomic mass is 10.0. The lowest BCUT2D eigenvalue weighted by Gasteiger charge is -2.23. The summed E-state index contributed by atoms with van der Waals surface area (Å²) in [5, 5.41) is 4.55. The molecule has 0 amide bonds. The fraction of sp³-hybridized carbons (Fsp3) is 0.333. The second-order valence-corrected chi connectivity index (χ2v) is 8.00. The Labute approximate surface area is 174 Å². The predicted octanol–water partition coefficient (Wildman–Crippen LogP) is 4.37. The van der Waals surface area contributed by atoms with E-state index in [0.717, 1.165) is 47.1 Å². The van der Waals surface area contributed by atoms with Gasteiger partial charge in [-0.25, -0.2) is 4.98 Å². The third-order valence-electron chi connectivity index (χ3n) is 5.84. The number of fused-ring (bicyclic) bond motifs is 2. The van der Waals surface area contributed by atoms with Crippen LogP contribution in [-0.2, 0) is 0 Å². The molecule has 1 atom stereocenters. The molecule has 2 aromatic heterocycles. The zero-order valence-electron chi connectivity index (χ0n) is 16.9. The Morgan fingerprint density at radius 1 is 1.03 bits per heavy atom. The molecule has 4 aromatic rings. The lowest BCUT2D eigenvalue weighted by Crippen LogP contribution is -2.34. The fourth-order valence-corrected chi connectivity index (χ4v) is 4.22. The molecule has 0 spiro atoms. The second-order valence-electron chi connectivity index (χ2n) is 8.00. The van der Waals surface area contributed by atoms with Crippen LogP contribution in [0.5, 0.6) is 5.75 Å². The van der Waals surface area contributed by atoms with Crippen molar-refractivity contribution in [2.45, 2.75) is 38.1 Å². The first-order valence-corrected chi connectivity index (χ1v) is 10.7. The number of nitrogens with one attached hydrogen (secondary N) is 3. The number of pyridine rings is 1. The smallest absolute Gasteiger partial charge is 0.259 e. The van der Waals surface area contributed by atoms with E-state index in [2.05, 4.69) is 20.3 Å². The first-order chi connectivity index (χ1) is 14.8. The van der Waals surface area contributed by atoms with E-state index in [-0.39, 0.29) is 5.56 Å². The Morgan fingerprint density at radius 2 is 1.97 bits per heavy atom. The van der Waals surface area contributed by atoms with Gasteiger partial charge >= 0.3 is 0 Å². The van der Waals surface area contributed by atoms with Crippen LogP contribution in [0.2, 0.25) is 0 Å². The van der Waals surface area contributed by atoms with Crippen molar-refractivity contribution in [2.75, 3.05) is 13.2 Å². The highest BCUT2D eigenvalue weighted by Crippen LogP contribution is 2.24. The molecule has 0 bridgehead atoms. The van der Waals surface area contributed by atoms with Crippen LogP contribution < -0.4 is 15.6 Å². The summed E-state index contributed by atoms with van der Waals surface area (Å²) in [4.78, 5) is 23.4. The van der Waals surface area contributed by atoms with Gasteiger partial charge in [0.2, 0.25) is 0 Å². The highest BCUT2D eigenvalue weighted by atomic mass is 16.5. The third-order valence-corrected chi connectivity index (χ3v) is 5.84. The van der Waals surface area contributed by atoms with Crippen molar-refractivity contribution in [3.05, 3.63) is 58.9 Å². The highest BCUT2D eigenvalue weighted by Gasteiger charge is 2.13. The zero-order chi connectivity index (χ0) is 20.3. The van der Waals surface area contributed by atoms with Gasteiger partial charge in [-0.15, -0.1) is 0 Å². The first-order valence-electron chi connectivity index (χ1n) is 10.7. The summed E-state index contributed by atoms with van der Waals surface area (Å²) in [6.45, 7) is 1.84. The number of imidazole rings is 1. The Kier molecular flexibility index (Phi) is 5.24. The van der Waals surface area contributed by atoms with E-state index in [1.54, 1.807) is 0 Å². The minimum Gasteiger partial charge on any atom is -0.494 e. The summed E-state index contributed by atoms with van der Waals surface area (Å²) < 4.78 is 5.95. The Bertz CT molecular complexity index is 1220. The number of H-pyrrole nitrogens is 2. The number of aromatic amines is 2. The van der Waals surface area contributed by atoms with Crippen molar-refractivity contribution in [1.82, 2.24) is 20.3 Å². The molecular weight excluding hydrogens is 376 g/mol. The fourth-order valence-electron chi connectivity index (χ4n) is 4.22. The minimum atomic E-state index is -0.152. The van der Waals surface area contributed by atoms with Crippen molar-refractivity contribution < 1.29 is 4.74 Å². The van der Waals surface area contributed by atoms with Gasteiger partial charge in [0.25, 0.3) is 5.56 Å². The van der Waals surface area contributed by atoms with Crippen molar-refractivity contribution in [3.63, 3.8) is 0 Å². The molecule has 1 unspecified atom stereocenters. The van der Waals surface area contributed by atoms with Gasteiger partial charge < -0.3 is 20.0 Å². The molecule has 0 saturated carbocycles. The van der Waals surface area contributed by atoms with E-state index in [1.807, 2.05) is 48.5 Å². The molecule has 0 radical (unpaired) electrons. The van der Waals surface area contributed by atoms with Crippen molar-refractivity contribution in [3.8, 4) is 17.1 Å². The molecule has 1 aliphatic heterocycles. The number of hydrogen-bond donors (Lipinski definition) is 3. The summed E-state index contributed by atoms with van der Waals surface area (Å²) in [6.07, 6.45) is 6.09. The average molecular weight is 402 g/mol. The third kappa shape index (κ3) is 3.96. The van der Waals surface area contributed by atoms with E-state index in [0.29, 0.717) is 24.0 Å². The van der Waals surface area contributed by atoms with Gasteiger partial charge in [-0.05, 0) is 61.9 Å². The molecule has 1 saturated heterocycles. The van der Waals surface area contributed by atoms with Gasteiger partial charge in [-0.1, -0.05) is 24.6 Å². The highest BCUT2D eigenvalue weighted by molar-refractivity contribution is 5.85. The molecule has 3 heterocycles. The number of rotatable bonds is 6. The molecule has 30 heavy (non-hydrogen) atoms. The molecule has 5 rings (SSSR count). The lowest BCUT2D eigenvalue weighted by molar-refractivity contribution is 0.285. The maximum atomic E-state index is 12.5. The van der Waals surface area contributed by atoms with E-state index in [4.69, 9.17) is 4.74 Å². The number of benzene rings is 2. The van der Waals surface area contributed by atoms with Crippen LogP contribution in [0.4, 0.5) is 0 Å². The second kappa shape index (κ2) is 8.32. The first kappa shape index (κ1) is 18.9. The largest absolute Gasteiger partial charge is 0.494 e. The topological polar surface area (TPSA) is 82.8 Å². The summed E-state index contributed by atoms with van der Waals surface area (Å²) in [5.41, 5.74) is 2.88. The molecule has 154 valence electrons. The van der Waals surface area contributed by atoms with Crippen LogP contribution in [0.25, 0.3) is 33.3 Å². The monoisotopic (exact) mass is 402 g/mol. The van der Waals surface area contributed by atoms with Crippen molar-refractivity contribution >= 4 is 21.9 Å². The number of aromatic nitrogens is 3. The van der Waals surface area contributed by atoms with E-state index >= 15 is 0 Å². The number of nitrogens with zero attached hydrogens (tertiary/aromatic N) is 1. The molecule has 0 aliphatic carbocycles. The normalized spacial score (nSPS) is 16.9. The number of piperidine rings is 1. The minimum absolute atomic E-state index is 0.152. The Morgan fingerprint density at radius 3 is 2.87 bits per heavy atom. The van der Waals surface area contributed by atoms with Gasteiger partial charge in [-0.2, -0.15) is 0 Å². The standard InChI is InChI=1S/C24H26N4O2/c29-24-19(14-16-6-1-2-9-20(16)28-24)23-26-21-11-10-18(15-22(21)27-23)30-13-5-8-17-7-3-4-12-25-17/h1-2,6,9-11,14-15,17,25H,3-5,7-8,12-13H2,(H,26,27)(H,28,29). The van der Waals surface area contributed by atoms with Gasteiger partial charge in [0, 0.05) is 17.6 Å². The van der Waals surface area contributed by atoms with Gasteiger partial charge in [0.15, 0.2) is 0 Å². The molecule has 6 heteroatoms. The summed E-state index contributed by atoms with van der Waals surface area (Å²) in [6, 6.07) is 16.1. The van der Waals surface area contributed by atoms with E-state index in [1.165, 1.54) is 19.3 Å². The summed E-state index contributed by atoms with van der Waals surface area (Å²) in [5.74, 6) is 1.38. The summed E-state index contributed by atoms with van der Waals surface area (Å²) >= 11 is 0. The number of para-hydroxylation sites is 1. The average Bonchev–Trinajstić information content (AvgIpc) is 3.20. The van der Waals surface area contributed by atoms with E-state index < -0.39 is 0 Å². The van der Waals surface area contributed by atoms with Crippen LogP contribution in [0.1, 0.15) is 32.1 Å². The molecule has 1 aliphatic rings. The molecule has 1 fully saturated rings. The van der Waals surface area contributed by atoms with Crippen LogP contribution in [0.15, 0.2) is 53.3 Å². The van der Waals surface area contributed by atoms with E-state index in [9.17, 15) is 4.79 Å². The summed E-state index contributed by atoms with van der Waals surface area (Å²) in [7, 11) is 0. The van der Waals surface area contributed by atoms with Crippen LogP contribution >= 0.6 is 0 Å². The molecular formula is C24H26N4O2. The van der Waals surface area contributed by atoms with Gasteiger partial charge in [0.1, 0.15) is 11.6 Å². The van der Waals surface area contributed by atoms with Crippen LogP contribution in [0.3, 0.4) is 0 Å². The van der Waals surface area contributed by atoms with Crippen molar-refractivity contribution in [1.29, 1.82) is 0 Å². The molecule has 6 nitrogen and oxygen atoms in total. The predicted molar refractivity (Wildman–Crippen MR) is 120 cm³/mol. The SMILES string of the molecule is O=c1[nH]c2ccccc2cc1-c1nc2cc(OCCCC3CCCCN3)ccc2[nH]1. The van der Waals surface area contributed by atoms with Crippen LogP contribution in [-0.4, -0.2) is 34.1 Å². The van der Waals surface area contributed by atoms with Gasteiger partial charge in [0.05, 0.1) is 23.2 Å². The van der Waals surface area contributed by atoms with Crippen LogP contribution in [0, 0.1) is 0 Å². The zero-order valence-corrected chi connectivity index (χ0v) is 16.9. The molecule has 3 N–H and O–H groups in total.